The number of carbonyl (C=O) groups excluding carboxylic acids is 3. The fourth-order valence-electron chi connectivity index (χ4n) is 3.87. The highest BCUT2D eigenvalue weighted by atomic mass is 32.1. The highest BCUT2D eigenvalue weighted by molar-refractivity contribution is 7.15. The molecule has 2 fully saturated rings. The van der Waals surface area contributed by atoms with Crippen LogP contribution in [0.25, 0.3) is 10.4 Å². The summed E-state index contributed by atoms with van der Waals surface area (Å²) in [5.41, 5.74) is 0.627. The Balaban J connectivity index is 1.21. The van der Waals surface area contributed by atoms with E-state index in [-0.39, 0.29) is 36.8 Å². The van der Waals surface area contributed by atoms with Crippen molar-refractivity contribution >= 4 is 29.2 Å². The van der Waals surface area contributed by atoms with Crippen molar-refractivity contribution < 1.29 is 18.8 Å². The lowest BCUT2D eigenvalue weighted by atomic mass is 10.2. The minimum atomic E-state index is -0.377. The molecule has 2 aliphatic rings. The summed E-state index contributed by atoms with van der Waals surface area (Å²) < 4.78 is 14.0. The zero-order chi connectivity index (χ0) is 21.8. The molecule has 31 heavy (non-hydrogen) atoms. The maximum Gasteiger partial charge on any atom is 0.324 e. The second-order valence-corrected chi connectivity index (χ2v) is 8.88. The van der Waals surface area contributed by atoms with Crippen molar-refractivity contribution in [3.63, 3.8) is 0 Å². The predicted molar refractivity (Wildman–Crippen MR) is 116 cm³/mol. The van der Waals surface area contributed by atoms with E-state index in [1.54, 1.807) is 23.5 Å². The molecule has 2 saturated heterocycles. The van der Waals surface area contributed by atoms with E-state index >= 15 is 0 Å². The van der Waals surface area contributed by atoms with E-state index in [4.69, 9.17) is 0 Å². The van der Waals surface area contributed by atoms with Crippen molar-refractivity contribution in [3.8, 4) is 10.4 Å². The van der Waals surface area contributed by atoms with Crippen LogP contribution in [0, 0.1) is 5.82 Å². The summed E-state index contributed by atoms with van der Waals surface area (Å²) in [5.74, 6) is -0.389. The van der Waals surface area contributed by atoms with Crippen LogP contribution in [-0.2, 0) is 16.1 Å². The summed E-state index contributed by atoms with van der Waals surface area (Å²) in [6, 6.07) is 10.4. The van der Waals surface area contributed by atoms with Crippen molar-refractivity contribution in [2.75, 3.05) is 39.3 Å². The zero-order valence-corrected chi connectivity index (χ0v) is 18.0. The Bertz CT molecular complexity index is 955. The van der Waals surface area contributed by atoms with Crippen molar-refractivity contribution in [2.45, 2.75) is 19.4 Å². The molecule has 0 atom stereocenters. The third-order valence-corrected chi connectivity index (χ3v) is 6.72. The molecule has 3 heterocycles. The summed E-state index contributed by atoms with van der Waals surface area (Å²) in [7, 11) is 0. The van der Waals surface area contributed by atoms with Crippen molar-refractivity contribution in [1.29, 1.82) is 0 Å². The number of thiophene rings is 1. The average Bonchev–Trinajstić information content (AvgIpc) is 3.36. The van der Waals surface area contributed by atoms with E-state index in [1.807, 2.05) is 23.1 Å². The third-order valence-electron chi connectivity index (χ3n) is 5.61. The normalized spacial score (nSPS) is 17.3. The number of piperazine rings is 1. The molecule has 0 radical (unpaired) electrons. The Hall–Kier alpha value is -2.78. The average molecular weight is 445 g/mol. The fourth-order valence-corrected chi connectivity index (χ4v) is 4.95. The number of hydrogen-bond donors (Lipinski definition) is 1. The van der Waals surface area contributed by atoms with Crippen LogP contribution in [0.15, 0.2) is 36.4 Å². The number of urea groups is 1. The SMILES string of the molecule is O=C(CCCN1C(=O)CNC1=O)N1CCN(Cc2ccc(-c3ccccc3F)s2)CC1. The van der Waals surface area contributed by atoms with Gasteiger partial charge in [-0.1, -0.05) is 18.2 Å². The largest absolute Gasteiger partial charge is 0.340 e. The third kappa shape index (κ3) is 5.11. The molecular formula is C22H25FN4O3S. The topological polar surface area (TPSA) is 73.0 Å². The lowest BCUT2D eigenvalue weighted by molar-refractivity contribution is -0.133. The summed E-state index contributed by atoms with van der Waals surface area (Å²) in [5, 5.41) is 2.48. The molecule has 0 unspecified atom stereocenters. The van der Waals surface area contributed by atoms with Gasteiger partial charge in [0.2, 0.25) is 11.8 Å². The maximum atomic E-state index is 14.0. The quantitative estimate of drug-likeness (QED) is 0.666. The number of carbonyl (C=O) groups is 3. The second kappa shape index (κ2) is 9.57. The van der Waals surface area contributed by atoms with Crippen LogP contribution in [0.2, 0.25) is 0 Å². The first kappa shape index (κ1) is 21.5. The van der Waals surface area contributed by atoms with Gasteiger partial charge in [-0.2, -0.15) is 0 Å². The van der Waals surface area contributed by atoms with Gasteiger partial charge in [0.05, 0.1) is 6.54 Å². The van der Waals surface area contributed by atoms with Gasteiger partial charge in [-0.05, 0) is 24.6 Å². The lowest BCUT2D eigenvalue weighted by Crippen LogP contribution is -2.48. The molecule has 9 heteroatoms. The fraction of sp³-hybridized carbons (Fsp3) is 0.409. The number of nitrogens with one attached hydrogen (secondary N) is 1. The molecule has 164 valence electrons. The Labute approximate surface area is 184 Å². The van der Waals surface area contributed by atoms with E-state index in [9.17, 15) is 18.8 Å². The number of rotatable bonds is 7. The van der Waals surface area contributed by atoms with Gasteiger partial charge < -0.3 is 10.2 Å². The van der Waals surface area contributed by atoms with E-state index < -0.39 is 0 Å². The molecule has 4 rings (SSSR count). The van der Waals surface area contributed by atoms with E-state index in [1.165, 1.54) is 15.8 Å². The van der Waals surface area contributed by atoms with Gasteiger partial charge in [-0.15, -0.1) is 11.3 Å². The van der Waals surface area contributed by atoms with Crippen LogP contribution in [0.5, 0.6) is 0 Å². The van der Waals surface area contributed by atoms with Crippen LogP contribution in [0.3, 0.4) is 0 Å². The van der Waals surface area contributed by atoms with E-state index in [0.29, 0.717) is 31.5 Å². The molecule has 0 aliphatic carbocycles. The molecule has 2 aliphatic heterocycles. The molecule has 4 amide bonds. The predicted octanol–water partition coefficient (Wildman–Crippen LogP) is 2.53. The first-order valence-corrected chi connectivity index (χ1v) is 11.2. The molecule has 1 aromatic carbocycles. The highest BCUT2D eigenvalue weighted by Gasteiger charge is 2.28. The molecule has 0 spiro atoms. The van der Waals surface area contributed by atoms with Gasteiger partial charge in [0.15, 0.2) is 0 Å². The Morgan fingerprint density at radius 3 is 2.55 bits per heavy atom. The van der Waals surface area contributed by atoms with Gasteiger partial charge in [0.25, 0.3) is 0 Å². The van der Waals surface area contributed by atoms with Crippen molar-refractivity contribution in [2.24, 2.45) is 0 Å². The van der Waals surface area contributed by atoms with Gasteiger partial charge in [-0.25, -0.2) is 9.18 Å². The van der Waals surface area contributed by atoms with Crippen LogP contribution in [0.1, 0.15) is 17.7 Å². The highest BCUT2D eigenvalue weighted by Crippen LogP contribution is 2.30. The molecule has 1 N–H and O–H groups in total. The van der Waals surface area contributed by atoms with Crippen molar-refractivity contribution in [3.05, 3.63) is 47.1 Å². The van der Waals surface area contributed by atoms with E-state index in [0.717, 1.165) is 24.5 Å². The first-order valence-electron chi connectivity index (χ1n) is 10.4. The van der Waals surface area contributed by atoms with Gasteiger partial charge in [0.1, 0.15) is 5.82 Å². The standard InChI is InChI=1S/C22H25FN4O3S/c23-18-5-2-1-4-17(18)19-8-7-16(31-19)15-25-10-12-26(13-11-25)20(28)6-3-9-27-21(29)14-24-22(27)30/h1-2,4-5,7-8H,3,6,9-15H2,(H,24,30). The Morgan fingerprint density at radius 2 is 1.84 bits per heavy atom. The number of amides is 4. The molecule has 0 saturated carbocycles. The summed E-state index contributed by atoms with van der Waals surface area (Å²) in [4.78, 5) is 43.0. The van der Waals surface area contributed by atoms with Crippen LogP contribution in [-0.4, -0.2) is 71.8 Å². The molecule has 7 nitrogen and oxygen atoms in total. The monoisotopic (exact) mass is 444 g/mol. The number of hydrogen-bond acceptors (Lipinski definition) is 5. The van der Waals surface area contributed by atoms with Crippen molar-refractivity contribution in [1.82, 2.24) is 20.0 Å². The Morgan fingerprint density at radius 1 is 1.06 bits per heavy atom. The maximum absolute atomic E-state index is 14.0. The van der Waals surface area contributed by atoms with Crippen LogP contribution in [0.4, 0.5) is 9.18 Å². The van der Waals surface area contributed by atoms with Crippen LogP contribution < -0.4 is 5.32 Å². The molecule has 2 aromatic rings. The number of imide groups is 1. The minimum absolute atomic E-state index is 0.0424. The summed E-state index contributed by atoms with van der Waals surface area (Å²) in [6.07, 6.45) is 0.806. The molecule has 0 bridgehead atoms. The van der Waals surface area contributed by atoms with E-state index in [2.05, 4.69) is 10.2 Å². The van der Waals surface area contributed by atoms with Crippen LogP contribution >= 0.6 is 11.3 Å². The zero-order valence-electron chi connectivity index (χ0n) is 17.2. The van der Waals surface area contributed by atoms with Gasteiger partial charge >= 0.3 is 6.03 Å². The lowest BCUT2D eigenvalue weighted by Gasteiger charge is -2.34. The minimum Gasteiger partial charge on any atom is -0.340 e. The number of benzene rings is 1. The first-order chi connectivity index (χ1) is 15.0. The molecular weight excluding hydrogens is 419 g/mol. The van der Waals surface area contributed by atoms with Gasteiger partial charge in [-0.3, -0.25) is 19.4 Å². The summed E-state index contributed by atoms with van der Waals surface area (Å²) in [6.45, 7) is 3.99. The molecule has 1 aromatic heterocycles. The summed E-state index contributed by atoms with van der Waals surface area (Å²) >= 11 is 1.60. The number of nitrogens with zero attached hydrogens (tertiary/aromatic N) is 3. The smallest absolute Gasteiger partial charge is 0.324 e. The number of halogens is 1. The Kier molecular flexibility index (Phi) is 6.62. The van der Waals surface area contributed by atoms with Gasteiger partial charge in [0, 0.05) is 61.0 Å². The second-order valence-electron chi connectivity index (χ2n) is 7.71.